The van der Waals surface area contributed by atoms with Crippen molar-refractivity contribution in [3.8, 4) is 0 Å². The highest BCUT2D eigenvalue weighted by molar-refractivity contribution is 5.33. The smallest absolute Gasteiger partial charge is 0.245 e. The van der Waals surface area contributed by atoms with E-state index in [0.717, 1.165) is 12.5 Å². The van der Waals surface area contributed by atoms with E-state index in [2.05, 4.69) is 50.8 Å². The molecule has 5 nitrogen and oxygen atoms in total. The van der Waals surface area contributed by atoms with Gasteiger partial charge in [0, 0.05) is 19.6 Å². The van der Waals surface area contributed by atoms with Crippen LogP contribution in [0.3, 0.4) is 0 Å². The van der Waals surface area contributed by atoms with E-state index in [1.54, 1.807) is 4.68 Å². The van der Waals surface area contributed by atoms with E-state index in [1.165, 1.54) is 44.1 Å². The number of nitrogens with zero attached hydrogens (tertiary/aromatic N) is 5. The maximum atomic E-state index is 4.25. The lowest BCUT2D eigenvalue weighted by Crippen LogP contribution is -2.36. The normalized spacial score (nSPS) is 16.6. The number of aryl methyl sites for hydroxylation is 1. The van der Waals surface area contributed by atoms with Crippen LogP contribution in [0.2, 0.25) is 0 Å². The average Bonchev–Trinajstić information content (AvgIpc) is 2.77. The van der Waals surface area contributed by atoms with E-state index < -0.39 is 0 Å². The van der Waals surface area contributed by atoms with Gasteiger partial charge in [-0.05, 0) is 28.8 Å². The Hall–Kier alpha value is -1.91. The fourth-order valence-corrected chi connectivity index (χ4v) is 3.18. The first kappa shape index (κ1) is 14.0. The summed E-state index contributed by atoms with van der Waals surface area (Å²) in [5, 5.41) is 12.1. The van der Waals surface area contributed by atoms with E-state index in [0.29, 0.717) is 6.04 Å². The zero-order valence-electron chi connectivity index (χ0n) is 12.6. The lowest BCUT2D eigenvalue weighted by molar-refractivity contribution is 0.505. The molecule has 0 atom stereocenters. The number of aromatic nitrogens is 4. The fraction of sp³-hybridized carbons (Fsp3) is 0.562. The first-order chi connectivity index (χ1) is 10.3. The highest BCUT2D eigenvalue weighted by Gasteiger charge is 2.24. The second-order valence-electron chi connectivity index (χ2n) is 5.86. The first-order valence-electron chi connectivity index (χ1n) is 7.87. The molecule has 0 aliphatic heterocycles. The van der Waals surface area contributed by atoms with Crippen molar-refractivity contribution in [3.63, 3.8) is 0 Å². The Labute approximate surface area is 126 Å². The van der Waals surface area contributed by atoms with Crippen LogP contribution in [0.1, 0.15) is 44.1 Å². The van der Waals surface area contributed by atoms with E-state index in [1.807, 2.05) is 7.05 Å². The van der Waals surface area contributed by atoms with Crippen LogP contribution in [0.25, 0.3) is 0 Å². The van der Waals surface area contributed by atoms with Crippen molar-refractivity contribution in [2.45, 2.75) is 51.1 Å². The van der Waals surface area contributed by atoms with Gasteiger partial charge in [0.2, 0.25) is 5.95 Å². The zero-order valence-corrected chi connectivity index (χ0v) is 12.6. The molecule has 1 aromatic heterocycles. The summed E-state index contributed by atoms with van der Waals surface area (Å²) in [7, 11) is 1.92. The van der Waals surface area contributed by atoms with Gasteiger partial charge in [-0.1, -0.05) is 61.1 Å². The Bertz CT molecular complexity index is 543. The topological polar surface area (TPSA) is 46.8 Å². The first-order valence-corrected chi connectivity index (χ1v) is 7.87. The SMILES string of the molecule is Cn1nnnc1N(Cc1ccccc1)C1CCCCCC1. The summed E-state index contributed by atoms with van der Waals surface area (Å²) >= 11 is 0. The van der Waals surface area contributed by atoms with Crippen molar-refractivity contribution in [1.82, 2.24) is 20.2 Å². The van der Waals surface area contributed by atoms with Crippen LogP contribution in [0, 0.1) is 0 Å². The van der Waals surface area contributed by atoms with Gasteiger partial charge in [-0.25, -0.2) is 4.68 Å². The molecule has 1 saturated carbocycles. The van der Waals surface area contributed by atoms with Gasteiger partial charge in [0.05, 0.1) is 0 Å². The number of hydrogen-bond acceptors (Lipinski definition) is 4. The molecule has 112 valence electrons. The zero-order chi connectivity index (χ0) is 14.5. The lowest BCUT2D eigenvalue weighted by Gasteiger charge is -2.31. The average molecular weight is 285 g/mol. The summed E-state index contributed by atoms with van der Waals surface area (Å²) in [5.74, 6) is 0.880. The number of tetrazole rings is 1. The van der Waals surface area contributed by atoms with Gasteiger partial charge >= 0.3 is 0 Å². The van der Waals surface area contributed by atoms with Crippen LogP contribution in [0.15, 0.2) is 30.3 Å². The number of hydrogen-bond donors (Lipinski definition) is 0. The third-order valence-corrected chi connectivity index (χ3v) is 4.32. The molecule has 1 aliphatic carbocycles. The van der Waals surface area contributed by atoms with Gasteiger partial charge < -0.3 is 4.90 Å². The molecule has 1 fully saturated rings. The maximum absolute atomic E-state index is 4.25. The predicted octanol–water partition coefficient (Wildman–Crippen LogP) is 2.94. The molecule has 2 aromatic rings. The van der Waals surface area contributed by atoms with Crippen LogP contribution in [0.4, 0.5) is 5.95 Å². The second kappa shape index (κ2) is 6.70. The molecule has 3 rings (SSSR count). The minimum absolute atomic E-state index is 0.539. The molecule has 0 N–H and O–H groups in total. The Morgan fingerprint density at radius 3 is 2.43 bits per heavy atom. The Balaban J connectivity index is 1.85. The molecule has 0 saturated heterocycles. The number of benzene rings is 1. The molecule has 1 heterocycles. The highest BCUT2D eigenvalue weighted by Crippen LogP contribution is 2.26. The summed E-state index contributed by atoms with van der Waals surface area (Å²) < 4.78 is 1.79. The van der Waals surface area contributed by atoms with Crippen LogP contribution in [-0.4, -0.2) is 26.2 Å². The lowest BCUT2D eigenvalue weighted by atomic mass is 10.1. The molecule has 0 spiro atoms. The van der Waals surface area contributed by atoms with Crippen LogP contribution in [-0.2, 0) is 13.6 Å². The van der Waals surface area contributed by atoms with Crippen LogP contribution in [0.5, 0.6) is 0 Å². The van der Waals surface area contributed by atoms with Gasteiger partial charge in [-0.15, -0.1) is 0 Å². The molecule has 1 aromatic carbocycles. The summed E-state index contributed by atoms with van der Waals surface area (Å²) in [6.45, 7) is 0.875. The van der Waals surface area contributed by atoms with E-state index in [9.17, 15) is 0 Å². The van der Waals surface area contributed by atoms with Crippen LogP contribution >= 0.6 is 0 Å². The summed E-state index contributed by atoms with van der Waals surface area (Å²) in [6, 6.07) is 11.1. The largest absolute Gasteiger partial charge is 0.332 e. The molecule has 21 heavy (non-hydrogen) atoms. The van der Waals surface area contributed by atoms with Crippen LogP contribution < -0.4 is 4.90 Å². The van der Waals surface area contributed by atoms with E-state index in [4.69, 9.17) is 0 Å². The highest BCUT2D eigenvalue weighted by atomic mass is 15.6. The monoisotopic (exact) mass is 285 g/mol. The fourth-order valence-electron chi connectivity index (χ4n) is 3.18. The summed E-state index contributed by atoms with van der Waals surface area (Å²) in [4.78, 5) is 2.39. The molecule has 1 aliphatic rings. The van der Waals surface area contributed by atoms with Gasteiger partial charge in [-0.2, -0.15) is 0 Å². The molecule has 5 heteroatoms. The minimum atomic E-state index is 0.539. The van der Waals surface area contributed by atoms with Crippen molar-refractivity contribution < 1.29 is 0 Å². The number of anilines is 1. The van der Waals surface area contributed by atoms with Crippen molar-refractivity contribution in [2.24, 2.45) is 7.05 Å². The maximum Gasteiger partial charge on any atom is 0.245 e. The van der Waals surface area contributed by atoms with Crippen molar-refractivity contribution >= 4 is 5.95 Å². The molecule has 0 unspecified atom stereocenters. The molecular weight excluding hydrogens is 262 g/mol. The van der Waals surface area contributed by atoms with Crippen molar-refractivity contribution in [2.75, 3.05) is 4.90 Å². The van der Waals surface area contributed by atoms with Gasteiger partial charge in [0.1, 0.15) is 0 Å². The molecular formula is C16H23N5. The number of rotatable bonds is 4. The minimum Gasteiger partial charge on any atom is -0.332 e. The molecule has 0 bridgehead atoms. The Kier molecular flexibility index (Phi) is 4.48. The van der Waals surface area contributed by atoms with Gasteiger partial charge in [0.15, 0.2) is 0 Å². The quantitative estimate of drug-likeness (QED) is 0.810. The second-order valence-corrected chi connectivity index (χ2v) is 5.86. The molecule has 0 radical (unpaired) electrons. The third kappa shape index (κ3) is 3.40. The standard InChI is InChI=1S/C16H23N5/c1-20-16(17-18-19-20)21(13-14-9-5-4-6-10-14)15-11-7-2-3-8-12-15/h4-6,9-10,15H,2-3,7-8,11-13H2,1H3. The Morgan fingerprint density at radius 1 is 1.10 bits per heavy atom. The van der Waals surface area contributed by atoms with Gasteiger partial charge in [-0.3, -0.25) is 0 Å². The van der Waals surface area contributed by atoms with Crippen molar-refractivity contribution in [3.05, 3.63) is 35.9 Å². The predicted molar refractivity (Wildman–Crippen MR) is 82.9 cm³/mol. The van der Waals surface area contributed by atoms with E-state index >= 15 is 0 Å². The summed E-state index contributed by atoms with van der Waals surface area (Å²) in [6.07, 6.45) is 7.79. The molecule has 0 amide bonds. The van der Waals surface area contributed by atoms with Crippen molar-refractivity contribution in [1.29, 1.82) is 0 Å². The van der Waals surface area contributed by atoms with Gasteiger partial charge in [0.25, 0.3) is 0 Å². The third-order valence-electron chi connectivity index (χ3n) is 4.32. The Morgan fingerprint density at radius 2 is 1.81 bits per heavy atom. The van der Waals surface area contributed by atoms with E-state index in [-0.39, 0.29) is 0 Å². The summed E-state index contributed by atoms with van der Waals surface area (Å²) in [5.41, 5.74) is 1.31.